The molecule has 1 N–H and O–H groups in total. The van der Waals surface area contributed by atoms with Gasteiger partial charge < -0.3 is 19.7 Å². The molecule has 8 heteroatoms. The van der Waals surface area contributed by atoms with Gasteiger partial charge in [-0.05, 0) is 56.2 Å². The van der Waals surface area contributed by atoms with Gasteiger partial charge in [0, 0.05) is 25.7 Å². The molecule has 2 amide bonds. The molecular formula is C26H40ClN3O4. The summed E-state index contributed by atoms with van der Waals surface area (Å²) in [4.78, 5) is 31.2. The summed E-state index contributed by atoms with van der Waals surface area (Å²) < 4.78 is 11.4. The molecule has 0 bridgehead atoms. The number of piperazine rings is 1. The van der Waals surface area contributed by atoms with E-state index in [-0.39, 0.29) is 30.3 Å². The SMILES string of the molecule is CCCCN1C(=O)C(CC(C)C)NC(=O)C12CCN(C(C)c1ccc3c(c1)OCCO3)CC2.Cl. The highest BCUT2D eigenvalue weighted by Gasteiger charge is 2.53. The van der Waals surface area contributed by atoms with Gasteiger partial charge in [0.05, 0.1) is 0 Å². The lowest BCUT2D eigenvalue weighted by molar-refractivity contribution is -0.162. The van der Waals surface area contributed by atoms with Gasteiger partial charge in [0.15, 0.2) is 11.5 Å². The number of halogens is 1. The summed E-state index contributed by atoms with van der Waals surface area (Å²) in [6.45, 7) is 11.9. The van der Waals surface area contributed by atoms with E-state index in [1.54, 1.807) is 0 Å². The van der Waals surface area contributed by atoms with Crippen molar-refractivity contribution in [1.29, 1.82) is 0 Å². The molecule has 1 spiro atoms. The van der Waals surface area contributed by atoms with Gasteiger partial charge in [0.25, 0.3) is 0 Å². The molecule has 3 aliphatic heterocycles. The number of nitrogens with zero attached hydrogens (tertiary/aromatic N) is 2. The Balaban J connectivity index is 0.00000324. The van der Waals surface area contributed by atoms with Crippen molar-refractivity contribution in [2.75, 3.05) is 32.8 Å². The number of hydrogen-bond acceptors (Lipinski definition) is 5. The minimum absolute atomic E-state index is 0. The Morgan fingerprint density at radius 1 is 1.09 bits per heavy atom. The molecular weight excluding hydrogens is 454 g/mol. The van der Waals surface area contributed by atoms with Crippen molar-refractivity contribution in [3.63, 3.8) is 0 Å². The fourth-order valence-electron chi connectivity index (χ4n) is 5.46. The lowest BCUT2D eigenvalue weighted by Crippen LogP contribution is -2.73. The van der Waals surface area contributed by atoms with Crippen LogP contribution in [0.4, 0.5) is 0 Å². The highest BCUT2D eigenvalue weighted by atomic mass is 35.5. The standard InChI is InChI=1S/C26H39N3O4.ClH/c1-5-6-11-29-24(30)21(16-18(2)3)27-25(31)26(29)9-12-28(13-10-26)19(4)20-7-8-22-23(17-20)33-15-14-32-22;/h7-8,17-19,21H,5-6,9-16H2,1-4H3,(H,27,31);1H. The summed E-state index contributed by atoms with van der Waals surface area (Å²) in [5, 5.41) is 3.10. The Hall–Kier alpha value is -1.99. The molecule has 7 nitrogen and oxygen atoms in total. The van der Waals surface area contributed by atoms with E-state index in [1.165, 1.54) is 5.56 Å². The maximum Gasteiger partial charge on any atom is 0.246 e. The first-order valence-corrected chi connectivity index (χ1v) is 12.6. The average Bonchev–Trinajstić information content (AvgIpc) is 2.82. The maximum absolute atomic E-state index is 13.4. The predicted octanol–water partition coefficient (Wildman–Crippen LogP) is 3.95. The molecule has 1 aromatic rings. The van der Waals surface area contributed by atoms with Crippen molar-refractivity contribution < 1.29 is 19.1 Å². The molecule has 3 heterocycles. The van der Waals surface area contributed by atoms with Crippen LogP contribution in [0.3, 0.4) is 0 Å². The molecule has 0 aromatic heterocycles. The van der Waals surface area contributed by atoms with Gasteiger partial charge in [-0.1, -0.05) is 33.3 Å². The number of unbranched alkanes of at least 4 members (excludes halogenated alkanes) is 1. The Bertz CT molecular complexity index is 870. The molecule has 0 radical (unpaired) electrons. The van der Waals surface area contributed by atoms with Crippen LogP contribution in [0.2, 0.25) is 0 Å². The summed E-state index contributed by atoms with van der Waals surface area (Å²) in [6.07, 6.45) is 3.95. The van der Waals surface area contributed by atoms with E-state index in [4.69, 9.17) is 9.47 Å². The first kappa shape index (κ1) is 26.6. The van der Waals surface area contributed by atoms with Crippen molar-refractivity contribution in [2.45, 2.75) is 77.4 Å². The number of hydrogen-bond donors (Lipinski definition) is 1. The number of benzene rings is 1. The number of carbonyl (C=O) groups excluding carboxylic acids is 2. The third-order valence-electron chi connectivity index (χ3n) is 7.47. The molecule has 2 saturated heterocycles. The van der Waals surface area contributed by atoms with Crippen molar-refractivity contribution in [1.82, 2.24) is 15.1 Å². The van der Waals surface area contributed by atoms with Crippen molar-refractivity contribution in [2.24, 2.45) is 5.92 Å². The Kier molecular flexibility index (Phi) is 8.74. The van der Waals surface area contributed by atoms with Gasteiger partial charge in [0.2, 0.25) is 11.8 Å². The molecule has 4 rings (SSSR count). The normalized spacial score (nSPS) is 23.0. The number of ether oxygens (including phenoxy) is 2. The topological polar surface area (TPSA) is 71.1 Å². The molecule has 2 atom stereocenters. The van der Waals surface area contributed by atoms with Gasteiger partial charge in [-0.2, -0.15) is 0 Å². The summed E-state index contributed by atoms with van der Waals surface area (Å²) >= 11 is 0. The number of likely N-dealkylation sites (tertiary alicyclic amines) is 1. The van der Waals surface area contributed by atoms with Crippen LogP contribution < -0.4 is 14.8 Å². The fraction of sp³-hybridized carbons (Fsp3) is 0.692. The van der Waals surface area contributed by atoms with Gasteiger partial charge >= 0.3 is 0 Å². The average molecular weight is 494 g/mol. The molecule has 190 valence electrons. The summed E-state index contributed by atoms with van der Waals surface area (Å²) in [6, 6.07) is 5.96. The number of piperidine rings is 1. The van der Waals surface area contributed by atoms with Crippen LogP contribution in [0.1, 0.15) is 71.4 Å². The zero-order valence-electron chi connectivity index (χ0n) is 21.0. The molecule has 2 unspecified atom stereocenters. The van der Waals surface area contributed by atoms with Gasteiger partial charge in [-0.15, -0.1) is 12.4 Å². The molecule has 2 fully saturated rings. The minimum Gasteiger partial charge on any atom is -0.486 e. The summed E-state index contributed by atoms with van der Waals surface area (Å²) in [5.41, 5.74) is 0.460. The van der Waals surface area contributed by atoms with Gasteiger partial charge in [-0.25, -0.2) is 0 Å². The lowest BCUT2D eigenvalue weighted by Gasteiger charge is -2.52. The van der Waals surface area contributed by atoms with Crippen molar-refractivity contribution >= 4 is 24.2 Å². The summed E-state index contributed by atoms with van der Waals surface area (Å²) in [5.74, 6) is 2.10. The van der Waals surface area contributed by atoms with E-state index in [1.807, 2.05) is 11.0 Å². The van der Waals surface area contributed by atoms with E-state index < -0.39 is 11.6 Å². The van der Waals surface area contributed by atoms with Crippen LogP contribution in [-0.2, 0) is 9.59 Å². The van der Waals surface area contributed by atoms with Gasteiger partial charge in [0.1, 0.15) is 24.8 Å². The van der Waals surface area contributed by atoms with Gasteiger partial charge in [-0.3, -0.25) is 14.5 Å². The number of rotatable bonds is 7. The van der Waals surface area contributed by atoms with E-state index in [2.05, 4.69) is 50.0 Å². The fourth-order valence-corrected chi connectivity index (χ4v) is 5.46. The monoisotopic (exact) mass is 493 g/mol. The number of carbonyl (C=O) groups is 2. The zero-order chi connectivity index (χ0) is 23.6. The smallest absolute Gasteiger partial charge is 0.246 e. The molecule has 34 heavy (non-hydrogen) atoms. The second kappa shape index (κ2) is 11.2. The van der Waals surface area contributed by atoms with E-state index in [9.17, 15) is 9.59 Å². The predicted molar refractivity (Wildman–Crippen MR) is 135 cm³/mol. The zero-order valence-corrected chi connectivity index (χ0v) is 21.8. The van der Waals surface area contributed by atoms with Crippen LogP contribution in [-0.4, -0.2) is 66.0 Å². The quantitative estimate of drug-likeness (QED) is 0.622. The Morgan fingerprint density at radius 2 is 1.76 bits per heavy atom. The van der Waals surface area contributed by atoms with Crippen molar-refractivity contribution in [3.8, 4) is 11.5 Å². The second-order valence-corrected chi connectivity index (χ2v) is 10.1. The van der Waals surface area contributed by atoms with Crippen LogP contribution in [0.15, 0.2) is 18.2 Å². The first-order chi connectivity index (χ1) is 15.9. The maximum atomic E-state index is 13.4. The number of fused-ring (bicyclic) bond motifs is 1. The lowest BCUT2D eigenvalue weighted by atomic mass is 9.80. The Morgan fingerprint density at radius 3 is 2.41 bits per heavy atom. The molecule has 1 aromatic carbocycles. The minimum atomic E-state index is -0.719. The van der Waals surface area contributed by atoms with Crippen LogP contribution in [0.25, 0.3) is 0 Å². The summed E-state index contributed by atoms with van der Waals surface area (Å²) in [7, 11) is 0. The second-order valence-electron chi connectivity index (χ2n) is 10.1. The highest BCUT2D eigenvalue weighted by molar-refractivity contribution is 6.00. The largest absolute Gasteiger partial charge is 0.486 e. The van der Waals surface area contributed by atoms with Crippen molar-refractivity contribution in [3.05, 3.63) is 23.8 Å². The third-order valence-corrected chi connectivity index (χ3v) is 7.47. The number of nitrogens with one attached hydrogen (secondary N) is 1. The molecule has 0 saturated carbocycles. The van der Waals surface area contributed by atoms with Crippen LogP contribution in [0.5, 0.6) is 11.5 Å². The Labute approximate surface area is 209 Å². The van der Waals surface area contributed by atoms with Crippen LogP contribution >= 0.6 is 12.4 Å². The number of amides is 2. The van der Waals surface area contributed by atoms with E-state index >= 15 is 0 Å². The highest BCUT2D eigenvalue weighted by Crippen LogP contribution is 2.38. The van der Waals surface area contributed by atoms with Crippen LogP contribution in [0, 0.1) is 5.92 Å². The third kappa shape index (κ3) is 5.15. The molecule has 0 aliphatic carbocycles. The van der Waals surface area contributed by atoms with E-state index in [0.717, 1.165) is 37.4 Å². The molecule has 3 aliphatic rings. The van der Waals surface area contributed by atoms with E-state index in [0.29, 0.717) is 44.9 Å². The first-order valence-electron chi connectivity index (χ1n) is 12.6.